The van der Waals surface area contributed by atoms with Crippen LogP contribution >= 0.6 is 0 Å². The van der Waals surface area contributed by atoms with Gasteiger partial charge in [0, 0.05) is 104 Å². The fraction of sp³-hybridized carbons (Fsp3) is 0.902. The van der Waals surface area contributed by atoms with Gasteiger partial charge in [-0.15, -0.1) is 0 Å². The first-order chi connectivity index (χ1) is 30.8. The number of nitrogens with zero attached hydrogens (tertiary/aromatic N) is 5. The topological polar surface area (TPSA) is 102 Å². The lowest BCUT2D eigenvalue weighted by molar-refractivity contribution is -0.149. The van der Waals surface area contributed by atoms with E-state index in [-0.39, 0.29) is 80.0 Å². The molecule has 0 spiro atoms. The quantitative estimate of drug-likeness (QED) is 0.225. The number of amides is 5. The molecule has 8 rings (SSSR count). The normalized spacial score (nSPS) is 30.0. The van der Waals surface area contributed by atoms with Gasteiger partial charge in [0.05, 0.1) is 24.9 Å². The van der Waals surface area contributed by atoms with Crippen molar-refractivity contribution >= 4 is 29.5 Å². The van der Waals surface area contributed by atoms with Crippen LogP contribution in [0.15, 0.2) is 0 Å². The molecule has 8 aliphatic rings. The predicted octanol–water partition coefficient (Wildman–Crippen LogP) is 10.1. The molecule has 0 radical (unpaired) electrons. The Bertz CT molecular complexity index is 1870. The molecule has 7 unspecified atom stereocenters. The smallest absolute Gasteiger partial charge is 0.267 e. The summed E-state index contributed by atoms with van der Waals surface area (Å²) >= 11 is 0. The van der Waals surface area contributed by atoms with Crippen molar-refractivity contribution in [1.29, 1.82) is 0 Å². The Morgan fingerprint density at radius 3 is 1.22 bits per heavy atom. The molecular formula is C51H83F8N5O5. The second-order valence-corrected chi connectivity index (χ2v) is 26.4. The second kappa shape index (κ2) is 19.7. The van der Waals surface area contributed by atoms with Crippen molar-refractivity contribution < 1.29 is 59.1 Å². The Morgan fingerprint density at radius 1 is 0.464 bits per heavy atom. The molecule has 69 heavy (non-hydrogen) atoms. The fourth-order valence-corrected chi connectivity index (χ4v) is 10.1. The highest BCUT2D eigenvalue weighted by molar-refractivity contribution is 5.84. The summed E-state index contributed by atoms with van der Waals surface area (Å²) in [6, 6.07) is -0.576. The number of carbonyl (C=O) groups excluding carboxylic acids is 5. The molecule has 0 N–H and O–H groups in total. The molecule has 0 aromatic heterocycles. The van der Waals surface area contributed by atoms with Crippen LogP contribution < -0.4 is 0 Å². The van der Waals surface area contributed by atoms with Crippen molar-refractivity contribution in [1.82, 2.24) is 24.5 Å². The maximum atomic E-state index is 13.2. The molecule has 5 heterocycles. The van der Waals surface area contributed by atoms with Crippen molar-refractivity contribution in [2.75, 3.05) is 52.4 Å². The number of rotatable bonds is 0. The minimum Gasteiger partial charge on any atom is -0.342 e. The van der Waals surface area contributed by atoms with Gasteiger partial charge in [-0.3, -0.25) is 24.0 Å². The summed E-state index contributed by atoms with van der Waals surface area (Å²) in [4.78, 5) is 66.7. The van der Waals surface area contributed by atoms with E-state index in [1.165, 1.54) is 16.2 Å². The zero-order chi connectivity index (χ0) is 53.2. The molecule has 5 saturated heterocycles. The number of likely N-dealkylation sites (tertiary alicyclic amines) is 5. The van der Waals surface area contributed by atoms with Crippen molar-refractivity contribution in [3.63, 3.8) is 0 Å². The van der Waals surface area contributed by atoms with E-state index in [1.807, 2.05) is 67.2 Å². The number of carbonyl (C=O) groups is 5. The largest absolute Gasteiger partial charge is 0.342 e. The molecule has 3 aliphatic carbocycles. The van der Waals surface area contributed by atoms with Crippen molar-refractivity contribution in [3.05, 3.63) is 0 Å². The van der Waals surface area contributed by atoms with Gasteiger partial charge in [0.1, 0.15) is 0 Å². The van der Waals surface area contributed by atoms with Crippen LogP contribution in [-0.4, -0.2) is 142 Å². The number of fused-ring (bicyclic) bond motifs is 4. The summed E-state index contributed by atoms with van der Waals surface area (Å²) in [6.07, 6.45) is 1.80. The van der Waals surface area contributed by atoms with Crippen molar-refractivity contribution in [2.45, 2.75) is 185 Å². The molecule has 5 amide bonds. The molecular weight excluding hydrogens is 915 g/mol. The molecule has 0 aromatic rings. The Balaban J connectivity index is 0.000000188. The fourth-order valence-electron chi connectivity index (χ4n) is 10.1. The van der Waals surface area contributed by atoms with E-state index in [2.05, 4.69) is 0 Å². The first-order valence-corrected chi connectivity index (χ1v) is 24.8. The minimum absolute atomic E-state index is 0.00509. The Morgan fingerprint density at radius 2 is 0.870 bits per heavy atom. The molecule has 398 valence electrons. The third kappa shape index (κ3) is 14.7. The highest BCUT2D eigenvalue weighted by Gasteiger charge is 2.72. The maximum Gasteiger partial charge on any atom is 0.267 e. The van der Waals surface area contributed by atoms with E-state index >= 15 is 0 Å². The molecule has 5 aliphatic heterocycles. The van der Waals surface area contributed by atoms with E-state index in [0.717, 1.165) is 24.9 Å². The zero-order valence-electron chi connectivity index (χ0n) is 44.2. The van der Waals surface area contributed by atoms with E-state index in [1.54, 1.807) is 58.3 Å². The molecule has 2 bridgehead atoms. The Labute approximate surface area is 406 Å². The summed E-state index contributed by atoms with van der Waals surface area (Å²) in [5.74, 6) is -10.5. The monoisotopic (exact) mass is 998 g/mol. The van der Waals surface area contributed by atoms with E-state index in [0.29, 0.717) is 25.3 Å². The van der Waals surface area contributed by atoms with E-state index in [9.17, 15) is 59.1 Å². The van der Waals surface area contributed by atoms with Gasteiger partial charge in [-0.25, -0.2) is 35.1 Å². The first kappa shape index (κ1) is 58.4. The highest BCUT2D eigenvalue weighted by atomic mass is 19.3. The van der Waals surface area contributed by atoms with Crippen LogP contribution in [0.4, 0.5) is 35.1 Å². The van der Waals surface area contributed by atoms with Gasteiger partial charge in [-0.05, 0) is 38.0 Å². The van der Waals surface area contributed by atoms with Crippen LogP contribution in [0.5, 0.6) is 0 Å². The van der Waals surface area contributed by atoms with Gasteiger partial charge in [0.2, 0.25) is 29.5 Å². The van der Waals surface area contributed by atoms with Gasteiger partial charge < -0.3 is 24.5 Å². The summed E-state index contributed by atoms with van der Waals surface area (Å²) in [5.41, 5.74) is -2.23. The molecule has 8 fully saturated rings. The lowest BCUT2D eigenvalue weighted by atomic mass is 9.93. The molecule has 0 aromatic carbocycles. The molecule has 10 nitrogen and oxygen atoms in total. The standard InChI is InChI=1S/C11H17F2NO.C10H15F2NO.2C10H17F2NO.C10H17NO/c1-10(2,3)9(15)14-6-7-4-8(14)5-11(7,12)13;1-9(2,3)8(14)13-4-6-7(5-13)10(6,11)12;1-7-5-10(11,12)6-13(7)8(14)9(2,3)4;1-9(2,3)8(14)13-6-4-5-10(11,12)7-13;1-10(2,3)9(12)11-5-7-4-8(7)6-11/h7-8H,4-6H2,1-3H3;6-7H,4-5H2,1-3H3;7H,5-6H2,1-4H3;4-7H2,1-3H3;7-8H,4-6H2,1-3H3. The first-order valence-electron chi connectivity index (χ1n) is 24.8. The van der Waals surface area contributed by atoms with Gasteiger partial charge in [-0.2, -0.15) is 0 Å². The molecule has 3 saturated carbocycles. The van der Waals surface area contributed by atoms with Gasteiger partial charge in [-0.1, -0.05) is 104 Å². The lowest BCUT2D eigenvalue weighted by Crippen LogP contribution is -2.49. The van der Waals surface area contributed by atoms with Crippen LogP contribution in [0.25, 0.3) is 0 Å². The summed E-state index contributed by atoms with van der Waals surface area (Å²) in [6.45, 7) is 31.5. The van der Waals surface area contributed by atoms with Crippen LogP contribution in [0.2, 0.25) is 0 Å². The summed E-state index contributed by atoms with van der Waals surface area (Å²) in [7, 11) is 0. The van der Waals surface area contributed by atoms with Crippen molar-refractivity contribution in [2.24, 2.45) is 56.7 Å². The maximum absolute atomic E-state index is 13.2. The number of halogens is 8. The van der Waals surface area contributed by atoms with Gasteiger partial charge >= 0.3 is 0 Å². The van der Waals surface area contributed by atoms with Crippen LogP contribution in [0.1, 0.15) is 149 Å². The van der Waals surface area contributed by atoms with Crippen molar-refractivity contribution in [3.8, 4) is 0 Å². The van der Waals surface area contributed by atoms with Gasteiger partial charge in [0.25, 0.3) is 23.7 Å². The van der Waals surface area contributed by atoms with Gasteiger partial charge in [0.15, 0.2) is 0 Å². The summed E-state index contributed by atoms with van der Waals surface area (Å²) in [5, 5.41) is 0. The third-order valence-corrected chi connectivity index (χ3v) is 14.2. The Hall–Kier alpha value is -3.21. The second-order valence-electron chi connectivity index (χ2n) is 26.4. The number of hydrogen-bond acceptors (Lipinski definition) is 5. The van der Waals surface area contributed by atoms with E-state index < -0.39 is 76.2 Å². The number of alkyl halides is 8. The average Bonchev–Trinajstić information content (AvgIpc) is 3.57. The van der Waals surface area contributed by atoms with E-state index in [4.69, 9.17) is 0 Å². The lowest BCUT2D eigenvalue weighted by Gasteiger charge is -2.36. The summed E-state index contributed by atoms with van der Waals surface area (Å²) < 4.78 is 104. The number of piperidine rings is 4. The zero-order valence-corrected chi connectivity index (χ0v) is 44.2. The van der Waals surface area contributed by atoms with Crippen LogP contribution in [-0.2, 0) is 24.0 Å². The predicted molar refractivity (Wildman–Crippen MR) is 249 cm³/mol. The molecule has 7 atom stereocenters. The third-order valence-electron chi connectivity index (χ3n) is 14.2. The molecule has 18 heteroatoms. The minimum atomic E-state index is -2.71. The Kier molecular flexibility index (Phi) is 16.6. The SMILES string of the molecule is CC(C)(C)C(=O)N1CC2C(C1)C2(F)F.CC(C)(C)C(=O)N1CC2CC1CC2(F)F.CC(C)(C)C(=O)N1CC2CC2C1.CC(C)(C)C(=O)N1CCCC(F)(F)C1.CC1CC(F)(F)CN1C(=O)C(C)(C)C. The number of hydrogen-bond donors (Lipinski definition) is 0. The highest BCUT2D eigenvalue weighted by Crippen LogP contribution is 2.59. The van der Waals surface area contributed by atoms with Crippen LogP contribution in [0, 0.1) is 56.7 Å². The van der Waals surface area contributed by atoms with Crippen LogP contribution in [0.3, 0.4) is 0 Å². The average molecular weight is 998 g/mol.